The van der Waals surface area contributed by atoms with Crippen LogP contribution in [0.4, 0.5) is 4.39 Å². The Labute approximate surface area is 69.2 Å². The maximum absolute atomic E-state index is 13.4. The molecule has 0 rings (SSSR count). The van der Waals surface area contributed by atoms with Crippen LogP contribution in [-0.2, 0) is 0 Å². The lowest BCUT2D eigenvalue weighted by molar-refractivity contribution is 0.147. The molecule has 2 atom stereocenters. The van der Waals surface area contributed by atoms with Crippen molar-refractivity contribution in [1.29, 1.82) is 0 Å². The van der Waals surface area contributed by atoms with E-state index in [9.17, 15) is 4.39 Å². The summed E-state index contributed by atoms with van der Waals surface area (Å²) in [5.74, 6) is 2.59. The van der Waals surface area contributed by atoms with Crippen molar-refractivity contribution in [3.8, 4) is 12.3 Å². The van der Waals surface area contributed by atoms with Gasteiger partial charge in [0.2, 0.25) is 0 Å². The third-order valence-corrected chi connectivity index (χ3v) is 1.79. The lowest BCUT2D eigenvalue weighted by atomic mass is 9.91. The summed E-state index contributed by atoms with van der Waals surface area (Å²) in [7, 11) is 0. The molecular weight excluding hydrogens is 139 g/mol. The van der Waals surface area contributed by atoms with Gasteiger partial charge in [-0.1, -0.05) is 20.3 Å². The van der Waals surface area contributed by atoms with Crippen LogP contribution in [0, 0.1) is 18.3 Å². The highest BCUT2D eigenvalue weighted by Gasteiger charge is 2.23. The molecule has 0 bridgehead atoms. The van der Waals surface area contributed by atoms with Crippen molar-refractivity contribution in [2.45, 2.75) is 45.7 Å². The van der Waals surface area contributed by atoms with E-state index in [1.165, 1.54) is 0 Å². The molecule has 0 radical (unpaired) electrons. The lowest BCUT2D eigenvalue weighted by Gasteiger charge is -2.20. The van der Waals surface area contributed by atoms with E-state index >= 15 is 0 Å². The second-order valence-corrected chi connectivity index (χ2v) is 3.44. The molecule has 64 valence electrons. The van der Waals surface area contributed by atoms with Crippen LogP contribution >= 0.6 is 0 Å². The zero-order valence-electron chi connectivity index (χ0n) is 7.65. The van der Waals surface area contributed by atoms with E-state index in [-0.39, 0.29) is 5.92 Å². The van der Waals surface area contributed by atoms with Gasteiger partial charge >= 0.3 is 0 Å². The van der Waals surface area contributed by atoms with Gasteiger partial charge in [-0.2, -0.15) is 0 Å². The standard InChI is InChI=1S/C10H17F/c1-5-7-10(4,11)8-9(3)6-2/h2,9H,5,7-8H2,1,3-4H3. The molecule has 0 aromatic carbocycles. The molecule has 0 aliphatic heterocycles. The smallest absolute Gasteiger partial charge is 0.109 e. The maximum Gasteiger partial charge on any atom is 0.109 e. The van der Waals surface area contributed by atoms with E-state index in [0.29, 0.717) is 12.8 Å². The van der Waals surface area contributed by atoms with Crippen molar-refractivity contribution in [2.75, 3.05) is 0 Å². The van der Waals surface area contributed by atoms with Crippen molar-refractivity contribution in [2.24, 2.45) is 5.92 Å². The Hall–Kier alpha value is -0.510. The summed E-state index contributed by atoms with van der Waals surface area (Å²) in [6.07, 6.45) is 7.13. The SMILES string of the molecule is C#CC(C)CC(C)(F)CCC. The summed E-state index contributed by atoms with van der Waals surface area (Å²) in [5.41, 5.74) is -1.07. The van der Waals surface area contributed by atoms with Gasteiger partial charge in [-0.3, -0.25) is 0 Å². The van der Waals surface area contributed by atoms with Crippen molar-refractivity contribution in [1.82, 2.24) is 0 Å². The fourth-order valence-corrected chi connectivity index (χ4v) is 1.32. The molecule has 0 spiro atoms. The van der Waals surface area contributed by atoms with Crippen LogP contribution in [0.15, 0.2) is 0 Å². The Morgan fingerprint density at radius 2 is 2.18 bits per heavy atom. The largest absolute Gasteiger partial charge is 0.244 e. The van der Waals surface area contributed by atoms with E-state index in [4.69, 9.17) is 6.42 Å². The highest BCUT2D eigenvalue weighted by Crippen LogP contribution is 2.25. The first-order valence-corrected chi connectivity index (χ1v) is 4.17. The Kier molecular flexibility index (Phi) is 4.18. The van der Waals surface area contributed by atoms with Crippen LogP contribution < -0.4 is 0 Å². The highest BCUT2D eigenvalue weighted by atomic mass is 19.1. The Morgan fingerprint density at radius 1 is 1.64 bits per heavy atom. The highest BCUT2D eigenvalue weighted by molar-refractivity contribution is 4.93. The van der Waals surface area contributed by atoms with Crippen LogP contribution in [0.5, 0.6) is 0 Å². The lowest BCUT2D eigenvalue weighted by Crippen LogP contribution is -2.20. The summed E-state index contributed by atoms with van der Waals surface area (Å²) in [5, 5.41) is 0. The van der Waals surface area contributed by atoms with Gasteiger partial charge < -0.3 is 0 Å². The van der Waals surface area contributed by atoms with Crippen LogP contribution in [0.3, 0.4) is 0 Å². The topological polar surface area (TPSA) is 0 Å². The first-order valence-electron chi connectivity index (χ1n) is 4.17. The Balaban J connectivity index is 3.82. The quantitative estimate of drug-likeness (QED) is 0.548. The fraction of sp³-hybridized carbons (Fsp3) is 0.800. The maximum atomic E-state index is 13.4. The third kappa shape index (κ3) is 4.84. The minimum Gasteiger partial charge on any atom is -0.244 e. The number of terminal acetylenes is 1. The summed E-state index contributed by atoms with van der Waals surface area (Å²) < 4.78 is 13.4. The van der Waals surface area contributed by atoms with E-state index < -0.39 is 5.67 Å². The molecule has 0 fully saturated rings. The molecule has 11 heavy (non-hydrogen) atoms. The predicted molar refractivity (Wildman–Crippen MR) is 47.0 cm³/mol. The number of alkyl halides is 1. The summed E-state index contributed by atoms with van der Waals surface area (Å²) in [6, 6.07) is 0. The summed E-state index contributed by atoms with van der Waals surface area (Å²) in [4.78, 5) is 0. The van der Waals surface area contributed by atoms with Gasteiger partial charge in [0, 0.05) is 5.92 Å². The number of halogens is 1. The molecule has 0 aliphatic carbocycles. The van der Waals surface area contributed by atoms with Gasteiger partial charge in [0.1, 0.15) is 5.67 Å². The molecule has 0 nitrogen and oxygen atoms in total. The van der Waals surface area contributed by atoms with Gasteiger partial charge in [0.15, 0.2) is 0 Å². The summed E-state index contributed by atoms with van der Waals surface area (Å²) in [6.45, 7) is 5.50. The number of hydrogen-bond acceptors (Lipinski definition) is 0. The van der Waals surface area contributed by atoms with Gasteiger partial charge in [-0.25, -0.2) is 4.39 Å². The molecule has 1 heteroatoms. The van der Waals surface area contributed by atoms with Crippen LogP contribution in [0.2, 0.25) is 0 Å². The molecule has 0 heterocycles. The third-order valence-electron chi connectivity index (χ3n) is 1.79. The predicted octanol–water partition coefficient (Wildman–Crippen LogP) is 3.17. The van der Waals surface area contributed by atoms with Crippen molar-refractivity contribution in [3.63, 3.8) is 0 Å². The zero-order chi connectivity index (χ0) is 8.91. The molecule has 0 amide bonds. The average Bonchev–Trinajstić information content (AvgIpc) is 1.86. The number of hydrogen-bond donors (Lipinski definition) is 0. The Bertz CT molecular complexity index is 141. The average molecular weight is 156 g/mol. The molecule has 0 saturated heterocycles. The first-order chi connectivity index (χ1) is 5.02. The van der Waals surface area contributed by atoms with Gasteiger partial charge in [-0.05, 0) is 19.8 Å². The Morgan fingerprint density at radius 3 is 2.55 bits per heavy atom. The second kappa shape index (κ2) is 4.38. The van der Waals surface area contributed by atoms with Gasteiger partial charge in [-0.15, -0.1) is 12.3 Å². The van der Waals surface area contributed by atoms with Gasteiger partial charge in [0.25, 0.3) is 0 Å². The minimum atomic E-state index is -1.07. The molecule has 0 aromatic heterocycles. The minimum absolute atomic E-state index is 0.0524. The van der Waals surface area contributed by atoms with Crippen LogP contribution in [0.1, 0.15) is 40.0 Å². The van der Waals surface area contributed by atoms with Crippen LogP contribution in [-0.4, -0.2) is 5.67 Å². The molecule has 0 saturated carbocycles. The van der Waals surface area contributed by atoms with Crippen molar-refractivity contribution in [3.05, 3.63) is 0 Å². The van der Waals surface area contributed by atoms with Crippen LogP contribution in [0.25, 0.3) is 0 Å². The first kappa shape index (κ1) is 10.5. The van der Waals surface area contributed by atoms with Crippen molar-refractivity contribution < 1.29 is 4.39 Å². The van der Waals surface area contributed by atoms with E-state index in [1.807, 2.05) is 13.8 Å². The fourth-order valence-electron chi connectivity index (χ4n) is 1.32. The molecular formula is C10H17F. The zero-order valence-corrected chi connectivity index (χ0v) is 7.65. The van der Waals surface area contributed by atoms with Crippen molar-refractivity contribution >= 4 is 0 Å². The second-order valence-electron chi connectivity index (χ2n) is 3.44. The molecule has 0 aromatic rings. The van der Waals surface area contributed by atoms with E-state index in [0.717, 1.165) is 6.42 Å². The monoisotopic (exact) mass is 156 g/mol. The summed E-state index contributed by atoms with van der Waals surface area (Å²) >= 11 is 0. The van der Waals surface area contributed by atoms with E-state index in [1.54, 1.807) is 6.92 Å². The number of rotatable bonds is 4. The van der Waals surface area contributed by atoms with E-state index in [2.05, 4.69) is 5.92 Å². The molecule has 2 unspecified atom stereocenters. The van der Waals surface area contributed by atoms with Gasteiger partial charge in [0.05, 0.1) is 0 Å². The molecule has 0 N–H and O–H groups in total. The molecule has 0 aliphatic rings. The normalized spacial score (nSPS) is 18.5.